The Morgan fingerprint density at radius 2 is 1.95 bits per heavy atom. The summed E-state index contributed by atoms with van der Waals surface area (Å²) in [5.41, 5.74) is -1.41. The molecule has 0 amide bonds. The Morgan fingerprint density at radius 3 is 2.47 bits per heavy atom. The predicted molar refractivity (Wildman–Crippen MR) is 59.0 cm³/mol. The fraction of sp³-hybridized carbons (Fsp3) is 0.273. The van der Waals surface area contributed by atoms with Crippen molar-refractivity contribution in [3.8, 4) is 11.5 Å². The van der Waals surface area contributed by atoms with Crippen LogP contribution in [0.3, 0.4) is 0 Å². The number of nitrogens with zero attached hydrogens (tertiary/aromatic N) is 2. The van der Waals surface area contributed by atoms with Crippen molar-refractivity contribution in [2.24, 2.45) is 0 Å². The molecule has 19 heavy (non-hydrogen) atoms. The van der Waals surface area contributed by atoms with Crippen molar-refractivity contribution in [3.63, 3.8) is 0 Å². The van der Waals surface area contributed by atoms with E-state index in [1.165, 1.54) is 0 Å². The number of hydrogen-bond acceptors (Lipinski definition) is 3. The zero-order valence-corrected chi connectivity index (χ0v) is 10.3. The highest BCUT2D eigenvalue weighted by Gasteiger charge is 2.34. The van der Waals surface area contributed by atoms with Gasteiger partial charge in [0.25, 0.3) is 0 Å². The highest BCUT2D eigenvalue weighted by molar-refractivity contribution is 6.20. The Morgan fingerprint density at radius 1 is 1.26 bits per heavy atom. The molecular weight excluding hydrogens is 288 g/mol. The summed E-state index contributed by atoms with van der Waals surface area (Å²) in [5, 5.41) is 6.59. The zero-order chi connectivity index (χ0) is 14.2. The zero-order valence-electron chi connectivity index (χ0n) is 9.50. The molecule has 2 aromatic rings. The summed E-state index contributed by atoms with van der Waals surface area (Å²) < 4.78 is 55.9. The van der Waals surface area contributed by atoms with Gasteiger partial charge in [0.05, 0.1) is 5.56 Å². The number of hydrogen-bond donors (Lipinski definition) is 0. The van der Waals surface area contributed by atoms with Crippen LogP contribution in [0.1, 0.15) is 23.8 Å². The number of halogens is 5. The maximum absolute atomic E-state index is 13.1. The molecule has 2 rings (SSSR count). The molecule has 0 bridgehead atoms. The fourth-order valence-corrected chi connectivity index (χ4v) is 1.48. The maximum atomic E-state index is 13.1. The third-order valence-corrected chi connectivity index (χ3v) is 2.49. The quantitative estimate of drug-likeness (QED) is 0.615. The van der Waals surface area contributed by atoms with Crippen molar-refractivity contribution in [3.05, 3.63) is 35.5 Å². The van der Waals surface area contributed by atoms with E-state index in [-0.39, 0.29) is 17.3 Å². The van der Waals surface area contributed by atoms with Gasteiger partial charge in [-0.25, -0.2) is 4.39 Å². The van der Waals surface area contributed by atoms with Gasteiger partial charge in [-0.15, -0.1) is 21.8 Å². The first-order chi connectivity index (χ1) is 8.79. The van der Waals surface area contributed by atoms with Crippen LogP contribution < -0.4 is 0 Å². The average molecular weight is 295 g/mol. The lowest BCUT2D eigenvalue weighted by molar-refractivity contribution is -0.139. The first-order valence-electron chi connectivity index (χ1n) is 5.13. The Hall–Kier alpha value is -1.63. The lowest BCUT2D eigenvalue weighted by atomic mass is 10.1. The molecule has 1 atom stereocenters. The Bertz CT molecular complexity index is 595. The van der Waals surface area contributed by atoms with Gasteiger partial charge in [-0.3, -0.25) is 0 Å². The van der Waals surface area contributed by atoms with Crippen LogP contribution in [0.4, 0.5) is 17.6 Å². The molecule has 0 aliphatic carbocycles. The molecule has 1 aromatic heterocycles. The monoisotopic (exact) mass is 294 g/mol. The van der Waals surface area contributed by atoms with Crippen molar-refractivity contribution in [1.82, 2.24) is 10.2 Å². The normalized spacial score (nSPS) is 13.6. The van der Waals surface area contributed by atoms with Gasteiger partial charge in [-0.2, -0.15) is 13.2 Å². The van der Waals surface area contributed by atoms with Gasteiger partial charge in [0.2, 0.25) is 11.8 Å². The molecule has 0 aliphatic rings. The van der Waals surface area contributed by atoms with E-state index in [9.17, 15) is 17.6 Å². The minimum atomic E-state index is -4.79. The summed E-state index contributed by atoms with van der Waals surface area (Å²) >= 11 is 5.70. The second-order valence-corrected chi connectivity index (χ2v) is 4.41. The molecule has 8 heteroatoms. The number of aromatic nitrogens is 2. The molecule has 102 valence electrons. The van der Waals surface area contributed by atoms with Crippen molar-refractivity contribution in [1.29, 1.82) is 0 Å². The van der Waals surface area contributed by atoms with E-state index in [1.807, 2.05) is 0 Å². The number of rotatable bonds is 2. The summed E-state index contributed by atoms with van der Waals surface area (Å²) in [6, 6.07) is 2.44. The van der Waals surface area contributed by atoms with Crippen LogP contribution in [-0.4, -0.2) is 10.2 Å². The van der Waals surface area contributed by atoms with Crippen LogP contribution in [0.25, 0.3) is 11.5 Å². The highest BCUT2D eigenvalue weighted by Crippen LogP contribution is 2.34. The Labute approximate surface area is 110 Å². The van der Waals surface area contributed by atoms with Gasteiger partial charge in [0.1, 0.15) is 11.2 Å². The molecule has 0 saturated carbocycles. The van der Waals surface area contributed by atoms with Gasteiger partial charge in [-0.05, 0) is 25.1 Å². The van der Waals surface area contributed by atoms with E-state index in [4.69, 9.17) is 16.0 Å². The van der Waals surface area contributed by atoms with Crippen LogP contribution in [0.2, 0.25) is 0 Å². The highest BCUT2D eigenvalue weighted by atomic mass is 35.5. The van der Waals surface area contributed by atoms with E-state index >= 15 is 0 Å². The van der Waals surface area contributed by atoms with Gasteiger partial charge in [-0.1, -0.05) is 0 Å². The molecule has 0 spiro atoms. The minimum absolute atomic E-state index is 0.0233. The lowest BCUT2D eigenvalue weighted by Crippen LogP contribution is -2.08. The van der Waals surface area contributed by atoms with Crippen LogP contribution in [0, 0.1) is 5.82 Å². The molecule has 1 aromatic carbocycles. The fourth-order valence-electron chi connectivity index (χ4n) is 1.39. The molecule has 0 N–H and O–H groups in total. The lowest BCUT2D eigenvalue weighted by Gasteiger charge is -2.08. The van der Waals surface area contributed by atoms with E-state index in [0.717, 1.165) is 6.07 Å². The molecule has 0 fully saturated rings. The van der Waals surface area contributed by atoms with Gasteiger partial charge >= 0.3 is 6.18 Å². The van der Waals surface area contributed by atoms with E-state index < -0.39 is 22.9 Å². The average Bonchev–Trinajstić information content (AvgIpc) is 2.77. The summed E-state index contributed by atoms with van der Waals surface area (Å²) in [4.78, 5) is 0. The van der Waals surface area contributed by atoms with Crippen molar-refractivity contribution >= 4 is 11.6 Å². The third-order valence-electron chi connectivity index (χ3n) is 2.30. The molecule has 0 aliphatic heterocycles. The topological polar surface area (TPSA) is 38.9 Å². The molecular formula is C11H7ClF4N2O. The molecule has 3 nitrogen and oxygen atoms in total. The van der Waals surface area contributed by atoms with Crippen LogP contribution in [-0.2, 0) is 6.18 Å². The largest absolute Gasteiger partial charge is 0.419 e. The Balaban J connectivity index is 2.45. The Kier molecular flexibility index (Phi) is 3.49. The molecule has 1 heterocycles. The summed E-state index contributed by atoms with van der Waals surface area (Å²) in [7, 11) is 0. The maximum Gasteiger partial charge on any atom is 0.419 e. The smallest absolute Gasteiger partial charge is 0.419 e. The second-order valence-electron chi connectivity index (χ2n) is 3.75. The predicted octanol–water partition coefficient (Wildman–Crippen LogP) is 4.19. The minimum Gasteiger partial charge on any atom is -0.419 e. The van der Waals surface area contributed by atoms with E-state index in [0.29, 0.717) is 12.1 Å². The van der Waals surface area contributed by atoms with E-state index in [1.54, 1.807) is 6.92 Å². The van der Waals surface area contributed by atoms with Gasteiger partial charge in [0, 0.05) is 5.56 Å². The van der Waals surface area contributed by atoms with Crippen LogP contribution >= 0.6 is 11.6 Å². The van der Waals surface area contributed by atoms with Crippen LogP contribution in [0.5, 0.6) is 0 Å². The first-order valence-corrected chi connectivity index (χ1v) is 5.57. The molecule has 0 radical (unpaired) electrons. The summed E-state index contributed by atoms with van der Waals surface area (Å²) in [5.74, 6) is -1.43. The van der Waals surface area contributed by atoms with Gasteiger partial charge in [0.15, 0.2) is 0 Å². The number of benzene rings is 1. The standard InChI is InChI=1S/C11H7ClF4N2O/c1-5(12)9-17-18-10(19-9)6-2-3-8(13)7(4-6)11(14,15)16/h2-5H,1H3. The summed E-state index contributed by atoms with van der Waals surface area (Å²) in [6.07, 6.45) is -4.79. The van der Waals surface area contributed by atoms with E-state index in [2.05, 4.69) is 10.2 Å². The second kappa shape index (κ2) is 4.80. The summed E-state index contributed by atoms with van der Waals surface area (Å²) in [6.45, 7) is 1.57. The SMILES string of the molecule is CC(Cl)c1nnc(-c2ccc(F)c(C(F)(F)F)c2)o1. The van der Waals surface area contributed by atoms with Crippen molar-refractivity contribution < 1.29 is 22.0 Å². The number of alkyl halides is 4. The van der Waals surface area contributed by atoms with Crippen molar-refractivity contribution in [2.75, 3.05) is 0 Å². The molecule has 1 unspecified atom stereocenters. The van der Waals surface area contributed by atoms with Crippen LogP contribution in [0.15, 0.2) is 22.6 Å². The van der Waals surface area contributed by atoms with Crippen molar-refractivity contribution in [2.45, 2.75) is 18.5 Å². The molecule has 0 saturated heterocycles. The third kappa shape index (κ3) is 2.86. The van der Waals surface area contributed by atoms with Gasteiger partial charge < -0.3 is 4.42 Å². The first kappa shape index (κ1) is 13.8.